The van der Waals surface area contributed by atoms with Crippen LogP contribution in [0.4, 0.5) is 11.4 Å². The van der Waals surface area contributed by atoms with Gasteiger partial charge < -0.3 is 5.32 Å². The maximum absolute atomic E-state index is 3.71. The normalized spacial score (nSPS) is 15.3. The second-order valence-electron chi connectivity index (χ2n) is 10.0. The fourth-order valence-electron chi connectivity index (χ4n) is 4.27. The van der Waals surface area contributed by atoms with Crippen molar-refractivity contribution in [1.82, 2.24) is 0 Å². The van der Waals surface area contributed by atoms with Crippen molar-refractivity contribution in [2.24, 2.45) is 5.41 Å². The molecule has 0 fully saturated rings. The lowest BCUT2D eigenvalue weighted by atomic mass is 9.85. The Kier molecular flexibility index (Phi) is 4.57. The van der Waals surface area contributed by atoms with Gasteiger partial charge in [0.15, 0.2) is 0 Å². The van der Waals surface area contributed by atoms with E-state index in [4.69, 9.17) is 0 Å². The van der Waals surface area contributed by atoms with Crippen molar-refractivity contribution in [3.8, 4) is 11.1 Å². The summed E-state index contributed by atoms with van der Waals surface area (Å²) >= 11 is 0. The molecule has 0 saturated heterocycles. The van der Waals surface area contributed by atoms with Crippen molar-refractivity contribution < 1.29 is 0 Å². The second kappa shape index (κ2) is 6.81. The van der Waals surface area contributed by atoms with Crippen molar-refractivity contribution in [2.75, 3.05) is 5.32 Å². The Morgan fingerprint density at radius 2 is 1.50 bits per heavy atom. The Labute approximate surface area is 169 Å². The molecule has 0 heterocycles. The molecule has 3 aromatic rings. The van der Waals surface area contributed by atoms with Crippen LogP contribution in [-0.2, 0) is 18.3 Å². The first-order chi connectivity index (χ1) is 13.2. The number of hydrogen-bond donors (Lipinski definition) is 1. The smallest absolute Gasteiger partial charge is 0.0464 e. The van der Waals surface area contributed by atoms with E-state index in [0.717, 1.165) is 12.1 Å². The highest BCUT2D eigenvalue weighted by molar-refractivity contribution is 5.82. The van der Waals surface area contributed by atoms with E-state index in [1.54, 1.807) is 0 Å². The number of anilines is 2. The lowest BCUT2D eigenvalue weighted by Crippen LogP contribution is -2.11. The molecule has 0 aromatic heterocycles. The van der Waals surface area contributed by atoms with Crippen LogP contribution in [0.3, 0.4) is 0 Å². The number of benzene rings is 3. The quantitative estimate of drug-likeness (QED) is 0.503. The van der Waals surface area contributed by atoms with Crippen molar-refractivity contribution in [2.45, 2.75) is 52.9 Å². The molecule has 0 bridgehead atoms. The SMILES string of the molecule is CC1(C)Cc2ccc(Nc3ccc(C(C)(C)C)cc3-c3ccccc3)cc2C1. The van der Waals surface area contributed by atoms with Crippen LogP contribution in [0.1, 0.15) is 51.3 Å². The standard InChI is InChI=1S/C27H31N/c1-26(2,3)22-12-14-25(24(16-22)19-9-7-6-8-10-19)28-23-13-11-20-17-27(4,5)18-21(20)15-23/h6-16,28H,17-18H2,1-5H3. The molecule has 0 unspecified atom stereocenters. The van der Waals surface area contributed by atoms with E-state index in [2.05, 4.69) is 107 Å². The van der Waals surface area contributed by atoms with Gasteiger partial charge in [0.05, 0.1) is 0 Å². The Bertz CT molecular complexity index is 991. The molecule has 0 amide bonds. The average molecular weight is 370 g/mol. The largest absolute Gasteiger partial charge is 0.355 e. The van der Waals surface area contributed by atoms with Crippen molar-refractivity contribution in [1.29, 1.82) is 0 Å². The van der Waals surface area contributed by atoms with Crippen LogP contribution < -0.4 is 5.32 Å². The minimum Gasteiger partial charge on any atom is -0.355 e. The van der Waals surface area contributed by atoms with Gasteiger partial charge in [-0.3, -0.25) is 0 Å². The number of fused-ring (bicyclic) bond motifs is 1. The molecular formula is C27H31N. The summed E-state index contributed by atoms with van der Waals surface area (Å²) < 4.78 is 0. The molecule has 28 heavy (non-hydrogen) atoms. The van der Waals surface area contributed by atoms with Crippen LogP contribution in [-0.4, -0.2) is 0 Å². The summed E-state index contributed by atoms with van der Waals surface area (Å²) in [6.45, 7) is 11.5. The molecule has 1 N–H and O–H groups in total. The van der Waals surface area contributed by atoms with E-state index in [0.29, 0.717) is 5.41 Å². The first-order valence-corrected chi connectivity index (χ1v) is 10.3. The van der Waals surface area contributed by atoms with E-state index in [9.17, 15) is 0 Å². The third kappa shape index (κ3) is 3.85. The van der Waals surface area contributed by atoms with Crippen LogP contribution >= 0.6 is 0 Å². The summed E-state index contributed by atoms with van der Waals surface area (Å²) in [5.41, 5.74) is 9.70. The molecule has 1 heteroatoms. The van der Waals surface area contributed by atoms with Crippen molar-refractivity contribution in [3.63, 3.8) is 0 Å². The molecule has 3 aromatic carbocycles. The molecule has 1 aliphatic carbocycles. The average Bonchev–Trinajstić information content (AvgIpc) is 2.95. The summed E-state index contributed by atoms with van der Waals surface area (Å²) in [6, 6.07) is 24.4. The molecule has 1 nitrogen and oxygen atoms in total. The zero-order valence-electron chi connectivity index (χ0n) is 17.8. The van der Waals surface area contributed by atoms with Crippen LogP contribution in [0.2, 0.25) is 0 Å². The van der Waals surface area contributed by atoms with E-state index < -0.39 is 0 Å². The third-order valence-electron chi connectivity index (χ3n) is 5.79. The molecule has 0 radical (unpaired) electrons. The van der Waals surface area contributed by atoms with Crippen molar-refractivity contribution in [3.05, 3.63) is 83.4 Å². The van der Waals surface area contributed by atoms with Gasteiger partial charge in [0.25, 0.3) is 0 Å². The van der Waals surface area contributed by atoms with Gasteiger partial charge in [0, 0.05) is 16.9 Å². The first kappa shape index (κ1) is 18.8. The van der Waals surface area contributed by atoms with Crippen LogP contribution in [0, 0.1) is 5.41 Å². The zero-order valence-corrected chi connectivity index (χ0v) is 17.8. The summed E-state index contributed by atoms with van der Waals surface area (Å²) in [5.74, 6) is 0. The van der Waals surface area contributed by atoms with Gasteiger partial charge >= 0.3 is 0 Å². The van der Waals surface area contributed by atoms with Gasteiger partial charge in [0.2, 0.25) is 0 Å². The predicted molar refractivity (Wildman–Crippen MR) is 121 cm³/mol. The molecule has 1 aliphatic rings. The number of hydrogen-bond acceptors (Lipinski definition) is 1. The fraction of sp³-hybridized carbons (Fsp3) is 0.333. The van der Waals surface area contributed by atoms with E-state index >= 15 is 0 Å². The van der Waals surface area contributed by atoms with Gasteiger partial charge in [-0.05, 0) is 70.2 Å². The minimum absolute atomic E-state index is 0.126. The van der Waals surface area contributed by atoms with E-state index in [1.165, 1.54) is 39.9 Å². The fourth-order valence-corrected chi connectivity index (χ4v) is 4.27. The summed E-state index contributed by atoms with van der Waals surface area (Å²) in [6.07, 6.45) is 2.34. The molecule has 0 aliphatic heterocycles. The second-order valence-corrected chi connectivity index (χ2v) is 10.0. The summed E-state index contributed by atoms with van der Waals surface area (Å²) in [4.78, 5) is 0. The zero-order chi connectivity index (χ0) is 19.9. The molecule has 4 rings (SSSR count). The van der Waals surface area contributed by atoms with Crippen LogP contribution in [0.5, 0.6) is 0 Å². The molecular weight excluding hydrogens is 338 g/mol. The molecule has 0 atom stereocenters. The third-order valence-corrected chi connectivity index (χ3v) is 5.79. The Hall–Kier alpha value is -2.54. The van der Waals surface area contributed by atoms with Gasteiger partial charge in [-0.1, -0.05) is 77.1 Å². The lowest BCUT2D eigenvalue weighted by Gasteiger charge is -2.22. The Balaban J connectivity index is 1.72. The van der Waals surface area contributed by atoms with Crippen molar-refractivity contribution >= 4 is 11.4 Å². The topological polar surface area (TPSA) is 12.0 Å². The van der Waals surface area contributed by atoms with Gasteiger partial charge in [-0.25, -0.2) is 0 Å². The molecule has 0 saturated carbocycles. The van der Waals surface area contributed by atoms with Crippen LogP contribution in [0.25, 0.3) is 11.1 Å². The minimum atomic E-state index is 0.126. The van der Waals surface area contributed by atoms with E-state index in [-0.39, 0.29) is 5.41 Å². The van der Waals surface area contributed by atoms with Crippen LogP contribution in [0.15, 0.2) is 66.7 Å². The Morgan fingerprint density at radius 3 is 2.21 bits per heavy atom. The maximum atomic E-state index is 3.71. The monoisotopic (exact) mass is 369 g/mol. The predicted octanol–water partition coefficient (Wildman–Crippen LogP) is 7.52. The highest BCUT2D eigenvalue weighted by Gasteiger charge is 2.28. The highest BCUT2D eigenvalue weighted by Crippen LogP contribution is 2.39. The van der Waals surface area contributed by atoms with Gasteiger partial charge in [-0.2, -0.15) is 0 Å². The van der Waals surface area contributed by atoms with Gasteiger partial charge in [0.1, 0.15) is 0 Å². The maximum Gasteiger partial charge on any atom is 0.0464 e. The highest BCUT2D eigenvalue weighted by atomic mass is 14.9. The molecule has 0 spiro atoms. The first-order valence-electron chi connectivity index (χ1n) is 10.3. The van der Waals surface area contributed by atoms with Gasteiger partial charge in [-0.15, -0.1) is 0 Å². The summed E-state index contributed by atoms with van der Waals surface area (Å²) in [7, 11) is 0. The summed E-state index contributed by atoms with van der Waals surface area (Å²) in [5, 5.41) is 3.71. The number of rotatable bonds is 3. The Morgan fingerprint density at radius 1 is 0.786 bits per heavy atom. The lowest BCUT2D eigenvalue weighted by molar-refractivity contribution is 0.392. The number of nitrogens with one attached hydrogen (secondary N) is 1. The molecule has 144 valence electrons. The van der Waals surface area contributed by atoms with E-state index in [1.807, 2.05) is 0 Å².